The number of rotatable bonds is 45. The number of hydrogen-bond donors (Lipinski definition) is 4. The first kappa shape index (κ1) is 98.8. The van der Waals surface area contributed by atoms with Crippen molar-refractivity contribution in [2.24, 2.45) is 0 Å². The largest absolute Gasteiger partial charge is 1.00 e. The molecule has 0 spiro atoms. The third kappa shape index (κ3) is 118. The van der Waals surface area contributed by atoms with Gasteiger partial charge in [0.1, 0.15) is 13.6 Å². The van der Waals surface area contributed by atoms with Gasteiger partial charge in [-0.2, -0.15) is 25.3 Å². The van der Waals surface area contributed by atoms with Crippen LogP contribution in [-0.4, -0.2) is 66.6 Å². The molecule has 0 rings (SSSR count). The predicted octanol–water partition coefficient (Wildman–Crippen LogP) is 14.3. The molecule has 18 heteroatoms. The van der Waals surface area contributed by atoms with Gasteiger partial charge in [0.2, 0.25) is 0 Å². The number of hydrogen-bond acceptors (Lipinski definition) is 12. The van der Waals surface area contributed by atoms with Crippen LogP contribution in [0.1, 0.15) is 300 Å². The van der Waals surface area contributed by atoms with Gasteiger partial charge >= 0.3 is 101 Å². The zero-order valence-electron chi connectivity index (χ0n) is 51.0. The first-order valence-electron chi connectivity index (χ1n) is 28.7. The van der Waals surface area contributed by atoms with Crippen molar-refractivity contribution in [1.29, 1.82) is 0 Å². The molecule has 434 valence electrons. The fraction of sp³-hybridized carbons (Fsp3) is 0.912. The monoisotopic (exact) mass is 1330 g/mol. The predicted molar refractivity (Wildman–Crippen MR) is 365 cm³/mol. The summed E-state index contributed by atoms with van der Waals surface area (Å²) >= 11 is 38.6. The Kier molecular flexibility index (Phi) is 125. The molecule has 2 N–H and O–H groups in total. The average Bonchev–Trinajstić information content (AvgIpc) is 3.35. The Balaban J connectivity index is -0.0000000902. The topological polar surface area (TPSA) is 74.6 Å². The van der Waals surface area contributed by atoms with Crippen LogP contribution in [0, 0.1) is 0 Å². The number of thiol groups is 2. The van der Waals surface area contributed by atoms with E-state index >= 15 is 0 Å². The van der Waals surface area contributed by atoms with Crippen molar-refractivity contribution < 1.29 is 110 Å². The van der Waals surface area contributed by atoms with Gasteiger partial charge in [-0.1, -0.05) is 302 Å². The van der Waals surface area contributed by atoms with Gasteiger partial charge in [0.25, 0.3) is 0 Å². The van der Waals surface area contributed by atoms with E-state index in [1.165, 1.54) is 269 Å². The molecule has 0 saturated carbocycles. The Labute approximate surface area is 594 Å². The Morgan fingerprint density at radius 1 is 0.467 bits per heavy atom. The van der Waals surface area contributed by atoms with Gasteiger partial charge < -0.3 is 36.5 Å². The van der Waals surface area contributed by atoms with E-state index in [1.807, 2.05) is 4.31 Å². The van der Waals surface area contributed by atoms with Crippen LogP contribution in [0.4, 0.5) is 0 Å². The van der Waals surface area contributed by atoms with E-state index in [2.05, 4.69) is 93.3 Å². The van der Waals surface area contributed by atoms with Crippen molar-refractivity contribution in [2.75, 3.05) is 23.0 Å². The van der Waals surface area contributed by atoms with Crippen LogP contribution in [0.3, 0.4) is 0 Å². The molecule has 0 aromatic rings. The third-order valence-electron chi connectivity index (χ3n) is 11.4. The van der Waals surface area contributed by atoms with Crippen molar-refractivity contribution >= 4 is 161 Å². The van der Waals surface area contributed by atoms with E-state index in [9.17, 15) is 9.59 Å². The summed E-state index contributed by atoms with van der Waals surface area (Å²) in [6.07, 6.45) is 55.7. The number of thiocarbonyl (C=S) groups is 4. The molecule has 0 heterocycles. The zero-order valence-corrected chi connectivity index (χ0v) is 65.9. The number of carboxylic acid groups (broad SMARTS) is 2. The van der Waals surface area contributed by atoms with Gasteiger partial charge in [-0.15, -0.1) is 23.5 Å². The molecule has 0 aromatic heterocycles. The minimum absolute atomic E-state index is 0. The van der Waals surface area contributed by atoms with Crippen LogP contribution in [-0.2, 0) is 22.2 Å². The van der Waals surface area contributed by atoms with Gasteiger partial charge in [-0.25, -0.2) is 0 Å². The SMILES string of the molecule is CC(Br)C(=O)O.CCCCCCCCCCCCS.CCCCCCCCCCCCS.CCCCCCCCCCCCSC(=S)SC(C)C(=O)O.CCCCCCCCCCCCSC(=S)[S-].S=C=S.[H-].[Na+].[Na+].[Na+]. The van der Waals surface area contributed by atoms with Gasteiger partial charge in [-0.3, -0.25) is 9.59 Å². The van der Waals surface area contributed by atoms with Crippen molar-refractivity contribution in [3.63, 3.8) is 0 Å². The summed E-state index contributed by atoms with van der Waals surface area (Å²) in [5.74, 6) is 2.66. The number of halogens is 1. The molecular formula is C57H113BrNa3O4S10+. The summed E-state index contributed by atoms with van der Waals surface area (Å²) < 4.78 is 3.36. The maximum atomic E-state index is 10.7. The summed E-state index contributed by atoms with van der Waals surface area (Å²) in [6.45, 7) is 12.3. The molecule has 75 heavy (non-hydrogen) atoms. The van der Waals surface area contributed by atoms with Gasteiger partial charge in [0, 0.05) is 4.31 Å². The summed E-state index contributed by atoms with van der Waals surface area (Å²) in [7, 11) is 0. The van der Waals surface area contributed by atoms with Crippen LogP contribution in [0.5, 0.6) is 0 Å². The Morgan fingerprint density at radius 3 is 0.853 bits per heavy atom. The van der Waals surface area contributed by atoms with Crippen molar-refractivity contribution in [3.05, 3.63) is 0 Å². The molecule has 2 atom stereocenters. The first-order valence-corrected chi connectivity index (χ1v) is 35.8. The van der Waals surface area contributed by atoms with Crippen LogP contribution in [0.15, 0.2) is 0 Å². The van der Waals surface area contributed by atoms with E-state index in [0.717, 1.165) is 26.5 Å². The van der Waals surface area contributed by atoms with Crippen LogP contribution < -0.4 is 88.7 Å². The molecule has 0 radical (unpaired) electrons. The summed E-state index contributed by atoms with van der Waals surface area (Å²) in [6, 6.07) is 0. The average molecular weight is 1330 g/mol. The fourth-order valence-electron chi connectivity index (χ4n) is 6.92. The molecule has 0 aliphatic rings. The Morgan fingerprint density at radius 2 is 0.667 bits per heavy atom. The van der Waals surface area contributed by atoms with E-state index in [-0.39, 0.29) is 90.1 Å². The van der Waals surface area contributed by atoms with Gasteiger partial charge in [0.05, 0.1) is 0 Å². The molecule has 0 aliphatic heterocycles. The minimum Gasteiger partial charge on any atom is -1.00 e. The Bertz CT molecular complexity index is 1080. The third-order valence-corrected chi connectivity index (χ3v) is 16.6. The van der Waals surface area contributed by atoms with Gasteiger partial charge in [-0.05, 0) is 87.0 Å². The number of unbranched alkanes of at least 4 members (excludes halogenated alkanes) is 36. The quantitative estimate of drug-likeness (QED) is 0.0117. The van der Waals surface area contributed by atoms with Crippen molar-refractivity contribution in [3.8, 4) is 0 Å². The minimum atomic E-state index is -0.824. The number of carbonyl (C=O) groups is 2. The van der Waals surface area contributed by atoms with Crippen LogP contribution >= 0.6 is 125 Å². The second kappa shape index (κ2) is 95.1. The van der Waals surface area contributed by atoms with Crippen molar-refractivity contribution in [2.45, 2.75) is 308 Å². The molecular weight excluding hydrogens is 1220 g/mol. The summed E-state index contributed by atoms with van der Waals surface area (Å²) in [5, 5.41) is 16.3. The molecule has 0 fully saturated rings. The molecule has 0 aliphatic carbocycles. The number of alkyl halides is 1. The normalized spacial score (nSPS) is 10.6. The molecule has 0 aromatic carbocycles. The number of aliphatic carboxylic acids is 2. The smallest absolute Gasteiger partial charge is 1.00 e. The Hall–Kier alpha value is 4.79. The molecule has 0 saturated heterocycles. The standard InChI is InChI=1S/C16H30O2S3.C13H26S3.2C12H26S.C3H5BrO2.CS2.3Na.H/c1-3-4-5-6-7-8-9-10-11-12-13-20-16(19)21-14(2)15(17)18;1-2-3-4-5-6-7-8-9-10-11-12-16-13(14)15;2*1-2-3-4-5-6-7-8-9-10-11-12-13;1-2(4)3(5)6;2-1-3;;;;/h14H,3-13H2,1-2H3,(H,17,18);2-12H2,1H3,(H,14,15);2*13H,2-12H2,1H3;2H,1H3,(H,5,6);;;;;/q;;;;;;3*+1;-1/p-1. The molecule has 0 amide bonds. The van der Waals surface area contributed by atoms with E-state index in [1.54, 1.807) is 37.4 Å². The van der Waals surface area contributed by atoms with E-state index < -0.39 is 22.0 Å². The number of carboxylic acids is 2. The summed E-state index contributed by atoms with van der Waals surface area (Å²) in [4.78, 5) is 19.9. The molecule has 4 nitrogen and oxygen atoms in total. The number of thioether (sulfide) groups is 3. The van der Waals surface area contributed by atoms with Crippen LogP contribution in [0.25, 0.3) is 0 Å². The van der Waals surface area contributed by atoms with Gasteiger partial charge in [0.15, 0.2) is 0 Å². The molecule has 2 unspecified atom stereocenters. The molecule has 0 bridgehead atoms. The maximum Gasteiger partial charge on any atom is 1.00 e. The first-order chi connectivity index (χ1) is 34.7. The second-order valence-corrected chi connectivity index (χ2v) is 27.8. The maximum absolute atomic E-state index is 10.7. The second-order valence-electron chi connectivity index (χ2n) is 18.5. The fourth-order valence-corrected chi connectivity index (χ4v) is 10.9. The zero-order chi connectivity index (χ0) is 55.4. The van der Waals surface area contributed by atoms with E-state index in [4.69, 9.17) is 47.3 Å². The van der Waals surface area contributed by atoms with Crippen LogP contribution in [0.2, 0.25) is 0 Å². The summed E-state index contributed by atoms with van der Waals surface area (Å²) in [5.41, 5.74) is 0. The van der Waals surface area contributed by atoms with Crippen molar-refractivity contribution in [1.82, 2.24) is 0 Å². The van der Waals surface area contributed by atoms with E-state index in [0.29, 0.717) is 3.53 Å².